The fourth-order valence-corrected chi connectivity index (χ4v) is 6.04. The summed E-state index contributed by atoms with van der Waals surface area (Å²) in [4.78, 5) is 28.2. The van der Waals surface area contributed by atoms with Crippen molar-refractivity contribution >= 4 is 57.1 Å². The van der Waals surface area contributed by atoms with E-state index in [-0.39, 0.29) is 11.8 Å². The number of rotatable bonds is 9. The third-order valence-electron chi connectivity index (χ3n) is 6.56. The Kier molecular flexibility index (Phi) is 8.74. The summed E-state index contributed by atoms with van der Waals surface area (Å²) in [5, 5.41) is 17.9. The number of carbonyl (C=O) groups excluding carboxylic acids is 1. The van der Waals surface area contributed by atoms with Crippen molar-refractivity contribution in [2.24, 2.45) is 0 Å². The Morgan fingerprint density at radius 2 is 2.05 bits per heavy atom. The predicted octanol–water partition coefficient (Wildman–Crippen LogP) is 5.88. The van der Waals surface area contributed by atoms with Gasteiger partial charge >= 0.3 is 5.97 Å². The van der Waals surface area contributed by atoms with Gasteiger partial charge in [-0.05, 0) is 62.5 Å². The Morgan fingerprint density at radius 1 is 1.27 bits per heavy atom. The molecule has 0 amide bonds. The van der Waals surface area contributed by atoms with E-state index < -0.39 is 17.1 Å². The number of methoxy groups -OCH3 is 1. The van der Waals surface area contributed by atoms with Crippen molar-refractivity contribution in [2.75, 3.05) is 26.8 Å². The van der Waals surface area contributed by atoms with Gasteiger partial charge in [0.1, 0.15) is 5.75 Å². The lowest BCUT2D eigenvalue weighted by Crippen LogP contribution is -2.42. The van der Waals surface area contributed by atoms with E-state index in [1.54, 1.807) is 36.9 Å². The monoisotopic (exact) mass is 597 g/mol. The lowest BCUT2D eigenvalue weighted by atomic mass is 10.1. The van der Waals surface area contributed by atoms with E-state index in [2.05, 4.69) is 4.31 Å². The Labute approximate surface area is 245 Å². The van der Waals surface area contributed by atoms with Crippen molar-refractivity contribution in [3.05, 3.63) is 75.4 Å². The summed E-state index contributed by atoms with van der Waals surface area (Å²) < 4.78 is 20.7. The third-order valence-corrected chi connectivity index (χ3v) is 7.99. The minimum atomic E-state index is -0.522. The molecule has 1 saturated heterocycles. The van der Waals surface area contributed by atoms with Crippen LogP contribution in [0.4, 0.5) is 5.69 Å². The number of fused-ring (bicyclic) bond motifs is 2. The molecule has 0 spiro atoms. The van der Waals surface area contributed by atoms with E-state index >= 15 is 0 Å². The van der Waals surface area contributed by atoms with E-state index in [1.165, 1.54) is 30.2 Å². The van der Waals surface area contributed by atoms with Gasteiger partial charge in [0.05, 0.1) is 52.9 Å². The Bertz CT molecular complexity index is 1630. The Hall–Kier alpha value is -3.71. The van der Waals surface area contributed by atoms with Crippen LogP contribution in [0, 0.1) is 17.0 Å². The number of hydrogen-bond donors (Lipinski definition) is 0. The number of aryl methyl sites for hydroxylation is 1. The van der Waals surface area contributed by atoms with E-state index in [4.69, 9.17) is 35.9 Å². The highest BCUT2D eigenvalue weighted by molar-refractivity contribution is 7.97. The number of hydrogen-bond acceptors (Lipinski definition) is 10. The van der Waals surface area contributed by atoms with Crippen molar-refractivity contribution in [1.82, 2.24) is 19.1 Å². The molecular weight excluding hydrogens is 570 g/mol. The summed E-state index contributed by atoms with van der Waals surface area (Å²) in [7, 11) is 1.60. The fraction of sp³-hybridized carbons (Fsp3) is 0.321. The molecule has 0 saturated carbocycles. The van der Waals surface area contributed by atoms with Crippen LogP contribution in [0.15, 0.2) is 59.5 Å². The largest absolute Gasteiger partial charge is 0.497 e. The van der Waals surface area contributed by atoms with Gasteiger partial charge in [-0.25, -0.2) is 18.8 Å². The van der Waals surface area contributed by atoms with Gasteiger partial charge in [-0.15, -0.1) is 0 Å². The maximum atomic E-state index is 11.8. The quantitative estimate of drug-likeness (QED) is 0.0760. The number of aromatic nitrogens is 3. The predicted molar refractivity (Wildman–Crippen MR) is 156 cm³/mol. The normalized spacial score (nSPS) is 17.9. The molecule has 3 heterocycles. The standard InChI is InChI=1S/C28H28ClN5O6S/c1-4-39-25(35)7-5-6-20-15-32(41-21-11-8-18(9-12-21)34(36)37)16-24(40-20)33-28-26(17(2)31-33)27(29)22-14-19(38-3)10-13-23(22)30-28/h5,7-14,20,24H,4,6,15-16H2,1-3H3/b7-5+/t20-,24-/m1/s1. The smallest absolute Gasteiger partial charge is 0.330 e. The van der Waals surface area contributed by atoms with Crippen molar-refractivity contribution in [3.8, 4) is 5.75 Å². The maximum absolute atomic E-state index is 11.8. The van der Waals surface area contributed by atoms with Crippen LogP contribution in [0.2, 0.25) is 5.02 Å². The summed E-state index contributed by atoms with van der Waals surface area (Å²) in [6.45, 7) is 4.93. The summed E-state index contributed by atoms with van der Waals surface area (Å²) >= 11 is 8.35. The molecular formula is C28H28ClN5O6S. The van der Waals surface area contributed by atoms with Crippen LogP contribution < -0.4 is 4.74 Å². The minimum Gasteiger partial charge on any atom is -0.497 e. The van der Waals surface area contributed by atoms with Gasteiger partial charge in [-0.3, -0.25) is 10.1 Å². The van der Waals surface area contributed by atoms with Gasteiger partial charge in [0.2, 0.25) is 0 Å². The Morgan fingerprint density at radius 3 is 2.76 bits per heavy atom. The van der Waals surface area contributed by atoms with E-state index in [0.717, 1.165) is 15.7 Å². The lowest BCUT2D eigenvalue weighted by Gasteiger charge is -2.37. The van der Waals surface area contributed by atoms with Crippen LogP contribution in [0.1, 0.15) is 25.3 Å². The molecule has 4 aromatic rings. The minimum absolute atomic E-state index is 0.0301. The zero-order valence-electron chi connectivity index (χ0n) is 22.7. The molecule has 0 N–H and O–H groups in total. The number of morpholine rings is 1. The van der Waals surface area contributed by atoms with E-state index in [9.17, 15) is 14.9 Å². The number of pyridine rings is 1. The van der Waals surface area contributed by atoms with Gasteiger partial charge < -0.3 is 14.2 Å². The molecule has 2 aromatic carbocycles. The summed E-state index contributed by atoms with van der Waals surface area (Å²) in [6, 6.07) is 11.9. The zero-order valence-corrected chi connectivity index (χ0v) is 24.2. The van der Waals surface area contributed by atoms with Crippen LogP contribution in [-0.4, -0.2) is 62.9 Å². The average molecular weight is 598 g/mol. The second-order valence-corrected chi connectivity index (χ2v) is 10.9. The number of nitro groups is 1. The number of ether oxygens (including phenoxy) is 3. The molecule has 214 valence electrons. The molecule has 0 radical (unpaired) electrons. The van der Waals surface area contributed by atoms with Gasteiger partial charge in [-0.1, -0.05) is 17.7 Å². The van der Waals surface area contributed by atoms with Crippen LogP contribution in [0.25, 0.3) is 21.9 Å². The molecule has 0 bridgehead atoms. The first-order valence-corrected chi connectivity index (χ1v) is 14.1. The third kappa shape index (κ3) is 6.30. The average Bonchev–Trinajstić information content (AvgIpc) is 3.29. The van der Waals surface area contributed by atoms with E-state index in [0.29, 0.717) is 53.7 Å². The molecule has 2 aromatic heterocycles. The topological polar surface area (TPSA) is 122 Å². The van der Waals surface area contributed by atoms with E-state index in [1.807, 2.05) is 25.1 Å². The van der Waals surface area contributed by atoms with Crippen LogP contribution >= 0.6 is 23.5 Å². The first-order chi connectivity index (χ1) is 19.8. The second-order valence-electron chi connectivity index (χ2n) is 9.33. The highest BCUT2D eigenvalue weighted by atomic mass is 35.5. The van der Waals surface area contributed by atoms with Gasteiger partial charge in [0.25, 0.3) is 5.69 Å². The molecule has 5 rings (SSSR count). The molecule has 0 unspecified atom stereocenters. The lowest BCUT2D eigenvalue weighted by molar-refractivity contribution is -0.384. The number of esters is 1. The highest BCUT2D eigenvalue weighted by Gasteiger charge is 2.32. The number of non-ortho nitro benzene ring substituents is 1. The van der Waals surface area contributed by atoms with Crippen molar-refractivity contribution in [1.29, 1.82) is 0 Å². The Balaban J connectivity index is 1.48. The molecule has 2 atom stereocenters. The number of nitrogens with zero attached hydrogens (tertiary/aromatic N) is 5. The summed E-state index contributed by atoms with van der Waals surface area (Å²) in [6.07, 6.45) is 2.79. The molecule has 1 fully saturated rings. The number of benzene rings is 2. The van der Waals surface area contributed by atoms with Crippen molar-refractivity contribution in [3.63, 3.8) is 0 Å². The van der Waals surface area contributed by atoms with Crippen molar-refractivity contribution < 1.29 is 23.9 Å². The fourth-order valence-electron chi connectivity index (χ4n) is 4.67. The zero-order chi connectivity index (χ0) is 29.1. The molecule has 41 heavy (non-hydrogen) atoms. The molecule has 1 aliphatic heterocycles. The summed E-state index contributed by atoms with van der Waals surface area (Å²) in [5.41, 5.74) is 2.04. The number of halogens is 1. The molecule has 11 nitrogen and oxygen atoms in total. The first kappa shape index (κ1) is 28.8. The second kappa shape index (κ2) is 12.4. The molecule has 0 aliphatic carbocycles. The van der Waals surface area contributed by atoms with Gasteiger partial charge in [-0.2, -0.15) is 5.10 Å². The van der Waals surface area contributed by atoms with Gasteiger partial charge in [0.15, 0.2) is 11.9 Å². The SMILES string of the molecule is CCOC(=O)/C=C/C[C@@H]1CN(Sc2ccc([N+](=O)[O-])cc2)C[C@H](n2nc(C)c3c(Cl)c4cc(OC)ccc4nc32)O1. The van der Waals surface area contributed by atoms with Crippen LogP contribution in [-0.2, 0) is 14.3 Å². The van der Waals surface area contributed by atoms with Gasteiger partial charge in [0, 0.05) is 35.0 Å². The van der Waals surface area contributed by atoms with Crippen LogP contribution in [0.5, 0.6) is 5.75 Å². The maximum Gasteiger partial charge on any atom is 0.330 e. The number of nitro benzene ring substituents is 1. The summed E-state index contributed by atoms with van der Waals surface area (Å²) in [5.74, 6) is 0.270. The molecule has 13 heteroatoms. The highest BCUT2D eigenvalue weighted by Crippen LogP contribution is 2.37. The van der Waals surface area contributed by atoms with Crippen molar-refractivity contribution in [2.45, 2.75) is 37.5 Å². The molecule has 1 aliphatic rings. The first-order valence-electron chi connectivity index (χ1n) is 13.0. The van der Waals surface area contributed by atoms with Crippen LogP contribution in [0.3, 0.4) is 0 Å². The number of carbonyl (C=O) groups is 1.